The highest BCUT2D eigenvalue weighted by Crippen LogP contribution is 2.34. The number of thiophene rings is 1. The van der Waals surface area contributed by atoms with E-state index in [2.05, 4.69) is 10.6 Å². The summed E-state index contributed by atoms with van der Waals surface area (Å²) in [7, 11) is 0. The molecule has 1 aromatic heterocycles. The number of carbonyl (C=O) groups is 4. The fourth-order valence-corrected chi connectivity index (χ4v) is 4.08. The molecule has 1 spiro atoms. The van der Waals surface area contributed by atoms with Crippen LogP contribution in [-0.4, -0.2) is 47.4 Å². The van der Waals surface area contributed by atoms with Gasteiger partial charge >= 0.3 is 12.0 Å². The Labute approximate surface area is 154 Å². The van der Waals surface area contributed by atoms with Gasteiger partial charge in [0.25, 0.3) is 11.8 Å². The predicted octanol–water partition coefficient (Wildman–Crippen LogP) is 1.33. The summed E-state index contributed by atoms with van der Waals surface area (Å²) in [6.45, 7) is 0.892. The Morgan fingerprint density at radius 2 is 2.12 bits per heavy atom. The molecule has 8 nitrogen and oxygen atoms in total. The molecule has 1 aliphatic carbocycles. The predicted molar refractivity (Wildman–Crippen MR) is 93.3 cm³/mol. The number of hydrogen-bond donors (Lipinski definition) is 2. The zero-order valence-electron chi connectivity index (χ0n) is 14.4. The lowest BCUT2D eigenvalue weighted by Crippen LogP contribution is -2.44. The van der Waals surface area contributed by atoms with Gasteiger partial charge in [-0.1, -0.05) is 18.9 Å². The first kappa shape index (κ1) is 18.4. The summed E-state index contributed by atoms with van der Waals surface area (Å²) in [5.74, 6) is -1.61. The Morgan fingerprint density at radius 1 is 1.38 bits per heavy atom. The Kier molecular flexibility index (Phi) is 5.26. The van der Waals surface area contributed by atoms with Crippen LogP contribution in [0.5, 0.6) is 0 Å². The maximum absolute atomic E-state index is 12.4. The van der Waals surface area contributed by atoms with Gasteiger partial charge < -0.3 is 15.4 Å². The van der Waals surface area contributed by atoms with E-state index in [1.807, 2.05) is 24.4 Å². The van der Waals surface area contributed by atoms with Gasteiger partial charge in [0.1, 0.15) is 12.1 Å². The van der Waals surface area contributed by atoms with Gasteiger partial charge in [0, 0.05) is 4.88 Å². The monoisotopic (exact) mass is 379 g/mol. The van der Waals surface area contributed by atoms with Crippen LogP contribution < -0.4 is 10.6 Å². The second-order valence-corrected chi connectivity index (χ2v) is 7.56. The van der Waals surface area contributed by atoms with Crippen molar-refractivity contribution in [3.8, 4) is 0 Å². The number of urea groups is 1. The smallest absolute Gasteiger partial charge is 0.326 e. The molecular formula is C17H21N3O5S. The van der Waals surface area contributed by atoms with Crippen LogP contribution in [-0.2, 0) is 19.1 Å². The first-order chi connectivity index (χ1) is 12.4. The van der Waals surface area contributed by atoms with Crippen LogP contribution in [0.15, 0.2) is 17.5 Å². The summed E-state index contributed by atoms with van der Waals surface area (Å²) in [6, 6.07) is 3.02. The number of nitrogens with one attached hydrogen (secondary N) is 2. The molecule has 0 radical (unpaired) electrons. The molecule has 3 rings (SSSR count). The van der Waals surface area contributed by atoms with E-state index in [0.29, 0.717) is 12.8 Å². The van der Waals surface area contributed by atoms with Gasteiger partial charge in [-0.25, -0.2) is 4.79 Å². The van der Waals surface area contributed by atoms with Crippen LogP contribution in [0.3, 0.4) is 0 Å². The van der Waals surface area contributed by atoms with Crippen molar-refractivity contribution in [1.82, 2.24) is 15.5 Å². The van der Waals surface area contributed by atoms with Crippen LogP contribution in [0.25, 0.3) is 0 Å². The van der Waals surface area contributed by atoms with Crippen LogP contribution in [0.1, 0.15) is 43.5 Å². The van der Waals surface area contributed by atoms with Gasteiger partial charge in [0.2, 0.25) is 0 Å². The number of nitrogens with zero attached hydrogens (tertiary/aromatic N) is 1. The molecule has 1 atom stereocenters. The number of rotatable bonds is 6. The molecule has 9 heteroatoms. The normalized spacial score (nSPS) is 19.5. The quantitative estimate of drug-likeness (QED) is 0.573. The van der Waals surface area contributed by atoms with Crippen LogP contribution in [0, 0.1) is 0 Å². The first-order valence-corrected chi connectivity index (χ1v) is 9.42. The summed E-state index contributed by atoms with van der Waals surface area (Å²) < 4.78 is 4.91. The molecule has 4 amide bonds. The lowest BCUT2D eigenvalue weighted by atomic mass is 9.98. The van der Waals surface area contributed by atoms with Crippen molar-refractivity contribution in [2.75, 3.05) is 13.2 Å². The second-order valence-electron chi connectivity index (χ2n) is 6.58. The Balaban J connectivity index is 1.46. The Bertz CT molecular complexity index is 712. The summed E-state index contributed by atoms with van der Waals surface area (Å²) in [6.07, 6.45) is 2.91. The van der Waals surface area contributed by atoms with E-state index in [1.54, 1.807) is 0 Å². The fourth-order valence-electron chi connectivity index (χ4n) is 3.35. The minimum atomic E-state index is -0.856. The van der Waals surface area contributed by atoms with Crippen LogP contribution in [0.2, 0.25) is 0 Å². The molecule has 26 heavy (non-hydrogen) atoms. The summed E-state index contributed by atoms with van der Waals surface area (Å²) in [5.41, 5.74) is -0.856. The molecule has 2 fully saturated rings. The van der Waals surface area contributed by atoms with E-state index in [4.69, 9.17) is 4.74 Å². The highest BCUT2D eigenvalue weighted by Gasteiger charge is 2.52. The third kappa shape index (κ3) is 3.72. The average molecular weight is 379 g/mol. The Hall–Kier alpha value is -2.42. The minimum absolute atomic E-state index is 0.186. The third-order valence-corrected chi connectivity index (χ3v) is 5.76. The van der Waals surface area contributed by atoms with Gasteiger partial charge in [-0.15, -0.1) is 11.3 Å². The standard InChI is InChI=1S/C17H21N3O5S/c1-11(12-5-4-8-26-12)18-13(21)10-25-14(22)9-20-15(23)17(19-16(20)24)6-2-3-7-17/h4-5,8,11H,2-3,6-7,9-10H2,1H3,(H,18,21)(H,19,24)/t11-/m0/s1. The summed E-state index contributed by atoms with van der Waals surface area (Å²) in [4.78, 5) is 50.1. The van der Waals surface area contributed by atoms with Crippen molar-refractivity contribution in [2.45, 2.75) is 44.2 Å². The number of carbonyl (C=O) groups excluding carboxylic acids is 4. The SMILES string of the molecule is C[C@H](NC(=O)COC(=O)CN1C(=O)NC2(CCCC2)C1=O)c1cccs1. The van der Waals surface area contributed by atoms with Gasteiger partial charge in [-0.05, 0) is 31.2 Å². The second kappa shape index (κ2) is 7.45. The topological polar surface area (TPSA) is 105 Å². The van der Waals surface area contributed by atoms with Gasteiger partial charge in [-0.2, -0.15) is 0 Å². The van der Waals surface area contributed by atoms with Crippen molar-refractivity contribution in [3.63, 3.8) is 0 Å². The highest BCUT2D eigenvalue weighted by molar-refractivity contribution is 7.10. The van der Waals surface area contributed by atoms with Crippen molar-refractivity contribution >= 4 is 35.2 Å². The summed E-state index contributed by atoms with van der Waals surface area (Å²) >= 11 is 1.52. The molecule has 1 saturated heterocycles. The average Bonchev–Trinajstić information content (AvgIpc) is 3.32. The van der Waals surface area contributed by atoms with E-state index >= 15 is 0 Å². The van der Waals surface area contributed by atoms with Gasteiger partial charge in [-0.3, -0.25) is 19.3 Å². The van der Waals surface area contributed by atoms with Crippen molar-refractivity contribution in [2.24, 2.45) is 0 Å². The molecule has 0 unspecified atom stereocenters. The molecular weight excluding hydrogens is 358 g/mol. The molecule has 2 heterocycles. The summed E-state index contributed by atoms with van der Waals surface area (Å²) in [5, 5.41) is 7.33. The van der Waals surface area contributed by atoms with E-state index in [-0.39, 0.29) is 11.9 Å². The number of ether oxygens (including phenoxy) is 1. The van der Waals surface area contributed by atoms with E-state index < -0.39 is 36.6 Å². The number of hydrogen-bond acceptors (Lipinski definition) is 6. The molecule has 140 valence electrons. The maximum Gasteiger partial charge on any atom is 0.326 e. The lowest BCUT2D eigenvalue weighted by molar-refractivity contribution is -0.151. The zero-order valence-corrected chi connectivity index (χ0v) is 15.3. The molecule has 2 N–H and O–H groups in total. The van der Waals surface area contributed by atoms with Gasteiger partial charge in [0.05, 0.1) is 6.04 Å². The highest BCUT2D eigenvalue weighted by atomic mass is 32.1. The van der Waals surface area contributed by atoms with E-state index in [9.17, 15) is 19.2 Å². The van der Waals surface area contributed by atoms with E-state index in [0.717, 1.165) is 22.6 Å². The molecule has 1 saturated carbocycles. The van der Waals surface area contributed by atoms with E-state index in [1.165, 1.54) is 11.3 Å². The van der Waals surface area contributed by atoms with Crippen molar-refractivity contribution in [1.29, 1.82) is 0 Å². The molecule has 0 aromatic carbocycles. The fraction of sp³-hybridized carbons (Fsp3) is 0.529. The lowest BCUT2D eigenvalue weighted by Gasteiger charge is -2.19. The van der Waals surface area contributed by atoms with Crippen LogP contribution >= 0.6 is 11.3 Å². The molecule has 2 aliphatic rings. The molecule has 1 aliphatic heterocycles. The maximum atomic E-state index is 12.4. The molecule has 0 bridgehead atoms. The largest absolute Gasteiger partial charge is 0.454 e. The number of amides is 4. The minimum Gasteiger partial charge on any atom is -0.454 e. The van der Waals surface area contributed by atoms with Crippen LogP contribution in [0.4, 0.5) is 4.79 Å². The number of esters is 1. The Morgan fingerprint density at radius 3 is 2.77 bits per heavy atom. The zero-order chi connectivity index (χ0) is 18.7. The van der Waals surface area contributed by atoms with Gasteiger partial charge in [0.15, 0.2) is 6.61 Å². The van der Waals surface area contributed by atoms with Crippen molar-refractivity contribution in [3.05, 3.63) is 22.4 Å². The van der Waals surface area contributed by atoms with Crippen molar-refractivity contribution < 1.29 is 23.9 Å². The third-order valence-electron chi connectivity index (χ3n) is 4.70. The first-order valence-electron chi connectivity index (χ1n) is 8.54. The molecule has 1 aromatic rings. The number of imide groups is 1.